The number of allylic oxidation sites excluding steroid dienone is 1. The maximum atomic E-state index is 14.7. The standard InChI is InChI=1S/C30H28F4N6O6/c1-39(2)24(41)8-4-3-6-21(36-30(44)45)28(42)35-22-7-5-11-40(29(22)43)14-23-37-25-19(33)13-20(34)27(26(25)38-23)46-15-16-9-10-17(31)12-18(16)32/h4-5,7-13,21,36H,3,6,14-15H2,1-2H3,(H,35,42)(H,37,38)(H,44,45)/b8-4+/t21-/m0/s1. The molecule has 0 bridgehead atoms. The van der Waals surface area contributed by atoms with Crippen LogP contribution in [0.15, 0.2) is 59.5 Å². The average Bonchev–Trinajstić information content (AvgIpc) is 3.41. The number of likely N-dealkylation sites (N-methyl/N-ethyl adjacent to an activating group) is 1. The number of ether oxygens (including phenoxy) is 1. The Bertz CT molecular complexity index is 1870. The summed E-state index contributed by atoms with van der Waals surface area (Å²) in [5, 5.41) is 13.6. The van der Waals surface area contributed by atoms with Gasteiger partial charge in [0, 0.05) is 38.0 Å². The highest BCUT2D eigenvalue weighted by Crippen LogP contribution is 2.30. The van der Waals surface area contributed by atoms with Gasteiger partial charge in [-0.25, -0.2) is 27.3 Å². The third kappa shape index (κ3) is 8.08. The van der Waals surface area contributed by atoms with Crippen molar-refractivity contribution >= 4 is 34.6 Å². The van der Waals surface area contributed by atoms with Crippen molar-refractivity contribution < 1.29 is 41.8 Å². The summed E-state index contributed by atoms with van der Waals surface area (Å²) in [6.07, 6.45) is 2.79. The molecule has 3 amide bonds. The molecule has 12 nitrogen and oxygen atoms in total. The minimum absolute atomic E-state index is 0.00707. The van der Waals surface area contributed by atoms with Gasteiger partial charge in [0.05, 0.1) is 6.54 Å². The fourth-order valence-electron chi connectivity index (χ4n) is 4.27. The number of carbonyl (C=O) groups is 3. The van der Waals surface area contributed by atoms with E-state index in [9.17, 15) is 41.8 Å². The largest absolute Gasteiger partial charge is 0.483 e. The van der Waals surface area contributed by atoms with E-state index in [4.69, 9.17) is 4.74 Å². The van der Waals surface area contributed by atoms with Gasteiger partial charge in [-0.05, 0) is 43.2 Å². The fourth-order valence-corrected chi connectivity index (χ4v) is 4.27. The number of rotatable bonds is 12. The molecule has 0 spiro atoms. The zero-order chi connectivity index (χ0) is 33.5. The smallest absolute Gasteiger partial charge is 0.405 e. The van der Waals surface area contributed by atoms with Crippen molar-refractivity contribution in [3.8, 4) is 5.75 Å². The first-order valence-electron chi connectivity index (χ1n) is 13.6. The molecule has 4 aromatic rings. The van der Waals surface area contributed by atoms with Gasteiger partial charge in [-0.1, -0.05) is 6.08 Å². The quantitative estimate of drug-likeness (QED) is 0.135. The van der Waals surface area contributed by atoms with E-state index in [1.807, 2.05) is 0 Å². The summed E-state index contributed by atoms with van der Waals surface area (Å²) in [5.74, 6) is -5.52. The van der Waals surface area contributed by atoms with Gasteiger partial charge in [0.2, 0.25) is 11.8 Å². The Hall–Kier alpha value is -5.67. The van der Waals surface area contributed by atoms with Gasteiger partial charge in [0.15, 0.2) is 17.4 Å². The average molecular weight is 645 g/mol. The Kier molecular flexibility index (Phi) is 10.4. The number of amides is 3. The van der Waals surface area contributed by atoms with Crippen molar-refractivity contribution in [1.82, 2.24) is 24.8 Å². The number of anilines is 1. The number of carboxylic acid groups (broad SMARTS) is 1. The molecule has 16 heteroatoms. The van der Waals surface area contributed by atoms with Gasteiger partial charge in [0.25, 0.3) is 5.56 Å². The zero-order valence-electron chi connectivity index (χ0n) is 24.4. The van der Waals surface area contributed by atoms with Crippen molar-refractivity contribution in [2.75, 3.05) is 19.4 Å². The van der Waals surface area contributed by atoms with Crippen LogP contribution in [0, 0.1) is 23.3 Å². The number of hydrogen-bond donors (Lipinski definition) is 4. The number of pyridine rings is 1. The van der Waals surface area contributed by atoms with E-state index in [0.717, 1.165) is 16.7 Å². The van der Waals surface area contributed by atoms with Gasteiger partial charge in [-0.3, -0.25) is 14.4 Å². The second-order valence-electron chi connectivity index (χ2n) is 10.2. The number of nitrogens with one attached hydrogen (secondary N) is 3. The first-order chi connectivity index (χ1) is 21.8. The van der Waals surface area contributed by atoms with Crippen LogP contribution in [0.5, 0.6) is 5.75 Å². The van der Waals surface area contributed by atoms with Crippen LogP contribution in [0.4, 0.5) is 28.0 Å². The van der Waals surface area contributed by atoms with E-state index in [1.165, 1.54) is 35.4 Å². The van der Waals surface area contributed by atoms with E-state index in [0.29, 0.717) is 12.1 Å². The molecule has 2 heterocycles. The molecule has 0 fully saturated rings. The number of aromatic amines is 1. The molecule has 0 unspecified atom stereocenters. The number of nitrogens with zero attached hydrogens (tertiary/aromatic N) is 3. The summed E-state index contributed by atoms with van der Waals surface area (Å²) in [6, 6.07) is 4.73. The molecule has 1 atom stereocenters. The highest BCUT2D eigenvalue weighted by molar-refractivity contribution is 5.96. The molecule has 2 aromatic heterocycles. The predicted molar refractivity (Wildman–Crippen MR) is 157 cm³/mol. The van der Waals surface area contributed by atoms with Gasteiger partial charge >= 0.3 is 6.09 Å². The molecule has 242 valence electrons. The first kappa shape index (κ1) is 33.2. The predicted octanol–water partition coefficient (Wildman–Crippen LogP) is 3.91. The van der Waals surface area contributed by atoms with Gasteiger partial charge < -0.3 is 34.9 Å². The zero-order valence-corrected chi connectivity index (χ0v) is 24.4. The first-order valence-corrected chi connectivity index (χ1v) is 13.6. The van der Waals surface area contributed by atoms with Crippen LogP contribution in [0.2, 0.25) is 0 Å². The normalized spacial score (nSPS) is 11.9. The Morgan fingerprint density at radius 2 is 1.87 bits per heavy atom. The second kappa shape index (κ2) is 14.4. The molecular formula is C30H28F4N6O6. The Morgan fingerprint density at radius 3 is 2.57 bits per heavy atom. The van der Waals surface area contributed by atoms with Crippen LogP contribution in [0.1, 0.15) is 24.2 Å². The molecule has 0 aliphatic heterocycles. The third-order valence-corrected chi connectivity index (χ3v) is 6.60. The highest BCUT2D eigenvalue weighted by atomic mass is 19.1. The van der Waals surface area contributed by atoms with E-state index in [1.54, 1.807) is 14.1 Å². The number of aromatic nitrogens is 3. The van der Waals surface area contributed by atoms with Crippen molar-refractivity contribution in [2.45, 2.75) is 32.0 Å². The number of benzene rings is 2. The molecule has 0 saturated carbocycles. The highest BCUT2D eigenvalue weighted by Gasteiger charge is 2.22. The second-order valence-corrected chi connectivity index (χ2v) is 10.2. The maximum Gasteiger partial charge on any atom is 0.405 e. The Morgan fingerprint density at radius 1 is 1.11 bits per heavy atom. The van der Waals surface area contributed by atoms with E-state index < -0.39 is 59.2 Å². The molecule has 0 aliphatic carbocycles. The number of imidazole rings is 1. The van der Waals surface area contributed by atoms with Crippen LogP contribution >= 0.6 is 0 Å². The molecular weight excluding hydrogens is 616 g/mol. The molecule has 4 rings (SSSR count). The summed E-state index contributed by atoms with van der Waals surface area (Å²) < 4.78 is 63.1. The summed E-state index contributed by atoms with van der Waals surface area (Å²) >= 11 is 0. The lowest BCUT2D eigenvalue weighted by molar-refractivity contribution is -0.123. The molecule has 46 heavy (non-hydrogen) atoms. The summed E-state index contributed by atoms with van der Waals surface area (Å²) in [5.41, 5.74) is -1.56. The van der Waals surface area contributed by atoms with Gasteiger partial charge in [0.1, 0.15) is 46.8 Å². The molecule has 0 aliphatic rings. The topological polar surface area (TPSA) is 159 Å². The van der Waals surface area contributed by atoms with Crippen LogP contribution in [0.3, 0.4) is 0 Å². The Balaban J connectivity index is 1.52. The molecule has 0 radical (unpaired) electrons. The maximum absolute atomic E-state index is 14.7. The SMILES string of the molecule is CN(C)C(=O)/C=C/CC[C@H](NC(=O)O)C(=O)Nc1cccn(Cc2nc3c(OCc4ccc(F)cc4F)c(F)cc(F)c3[nH]2)c1=O. The van der Waals surface area contributed by atoms with Crippen molar-refractivity contribution in [3.05, 3.63) is 99.8 Å². The number of fused-ring (bicyclic) bond motifs is 1. The van der Waals surface area contributed by atoms with E-state index in [2.05, 4.69) is 20.6 Å². The van der Waals surface area contributed by atoms with Crippen molar-refractivity contribution in [1.29, 1.82) is 0 Å². The summed E-state index contributed by atoms with van der Waals surface area (Å²) in [6.45, 7) is -0.818. The van der Waals surface area contributed by atoms with Gasteiger partial charge in [-0.2, -0.15) is 0 Å². The lowest BCUT2D eigenvalue weighted by Gasteiger charge is -2.16. The van der Waals surface area contributed by atoms with Crippen LogP contribution < -0.4 is 20.9 Å². The molecule has 0 saturated heterocycles. The lowest BCUT2D eigenvalue weighted by Crippen LogP contribution is -2.44. The molecule has 4 N–H and O–H groups in total. The van der Waals surface area contributed by atoms with Gasteiger partial charge in [-0.15, -0.1) is 0 Å². The number of H-pyrrole nitrogens is 1. The number of hydrogen-bond acceptors (Lipinski definition) is 6. The van der Waals surface area contributed by atoms with E-state index >= 15 is 0 Å². The van der Waals surface area contributed by atoms with Crippen LogP contribution in [0.25, 0.3) is 11.0 Å². The van der Waals surface area contributed by atoms with Crippen LogP contribution in [-0.4, -0.2) is 62.6 Å². The van der Waals surface area contributed by atoms with Crippen LogP contribution in [-0.2, 0) is 22.7 Å². The van der Waals surface area contributed by atoms with Crippen molar-refractivity contribution in [2.24, 2.45) is 0 Å². The number of carbonyl (C=O) groups excluding carboxylic acids is 2. The fraction of sp³-hybridized carbons (Fsp3) is 0.233. The Labute approximate surface area is 258 Å². The minimum atomic E-state index is -1.47. The molecule has 2 aromatic carbocycles. The third-order valence-electron chi connectivity index (χ3n) is 6.60. The lowest BCUT2D eigenvalue weighted by atomic mass is 10.1. The summed E-state index contributed by atoms with van der Waals surface area (Å²) in [7, 11) is 3.11. The summed E-state index contributed by atoms with van der Waals surface area (Å²) in [4.78, 5) is 57.2. The van der Waals surface area contributed by atoms with E-state index in [-0.39, 0.29) is 53.4 Å². The monoisotopic (exact) mass is 644 g/mol. The van der Waals surface area contributed by atoms with Crippen molar-refractivity contribution in [3.63, 3.8) is 0 Å². The minimum Gasteiger partial charge on any atom is -0.483 e. The number of halogens is 4.